The lowest BCUT2D eigenvalue weighted by Crippen LogP contribution is -2.32. The van der Waals surface area contributed by atoms with Gasteiger partial charge in [0, 0.05) is 9.89 Å². The van der Waals surface area contributed by atoms with E-state index in [1.54, 1.807) is 0 Å². The zero-order valence-corrected chi connectivity index (χ0v) is 18.8. The average Bonchev–Trinajstić information content (AvgIpc) is 2.75. The molecule has 1 unspecified atom stereocenters. The maximum atomic E-state index is 3.77. The van der Waals surface area contributed by atoms with Gasteiger partial charge in [0.25, 0.3) is 0 Å². The monoisotopic (exact) mass is 446 g/mol. The third-order valence-electron chi connectivity index (χ3n) is 5.21. The molecule has 4 rings (SSSR count). The first-order valence-corrected chi connectivity index (χ1v) is 10.00. The zero-order valence-electron chi connectivity index (χ0n) is 15.8. The van der Waals surface area contributed by atoms with Crippen molar-refractivity contribution in [1.29, 1.82) is 0 Å². The molecule has 0 bridgehead atoms. The fourth-order valence-electron chi connectivity index (χ4n) is 3.90. The first-order chi connectivity index (χ1) is 13.3. The molecule has 4 aromatic carbocycles. The minimum atomic E-state index is -0.256. The second kappa shape index (κ2) is 9.32. The van der Waals surface area contributed by atoms with Gasteiger partial charge >= 0.3 is 0 Å². The quantitative estimate of drug-likeness (QED) is 0.227. The summed E-state index contributed by atoms with van der Waals surface area (Å²) in [5.74, 6) is 0. The summed E-state index contributed by atoms with van der Waals surface area (Å²) in [4.78, 5) is 0. The highest BCUT2D eigenvalue weighted by Gasteiger charge is 2.36. The molecule has 0 saturated carbocycles. The molecule has 0 radical (unpaired) electrons. The van der Waals surface area contributed by atoms with Crippen molar-refractivity contribution in [2.45, 2.75) is 11.8 Å². The highest BCUT2D eigenvalue weighted by molar-refractivity contribution is 9.10. The summed E-state index contributed by atoms with van der Waals surface area (Å²) in [5.41, 5.74) is 4.96. The van der Waals surface area contributed by atoms with Crippen molar-refractivity contribution < 1.29 is 0 Å². The summed E-state index contributed by atoms with van der Waals surface area (Å²) >= 11 is 3.77. The van der Waals surface area contributed by atoms with E-state index in [0.717, 1.165) is 10.9 Å². The predicted molar refractivity (Wildman–Crippen MR) is 128 cm³/mol. The standard InChI is InChI=1S/C26H21Br.H3P/c27-25-19-11-10-12-21(25)20-26(22-13-4-1-5-14-22,23-15-6-2-7-16-23)24-17-8-3-9-18-24;/h1-19H,20H2;1H3. The van der Waals surface area contributed by atoms with E-state index >= 15 is 0 Å². The van der Waals surface area contributed by atoms with E-state index in [4.69, 9.17) is 0 Å². The van der Waals surface area contributed by atoms with Crippen LogP contribution in [-0.2, 0) is 11.8 Å². The molecule has 28 heavy (non-hydrogen) atoms. The minimum Gasteiger partial charge on any atom is -0.153 e. The zero-order chi connectivity index (χ0) is 18.5. The Balaban J connectivity index is 0.00000225. The topological polar surface area (TPSA) is 0 Å². The Morgan fingerprint density at radius 2 is 0.857 bits per heavy atom. The summed E-state index contributed by atoms with van der Waals surface area (Å²) in [5, 5.41) is 0. The molecule has 0 spiro atoms. The van der Waals surface area contributed by atoms with E-state index in [-0.39, 0.29) is 15.3 Å². The Morgan fingerprint density at radius 3 is 1.25 bits per heavy atom. The van der Waals surface area contributed by atoms with E-state index in [1.165, 1.54) is 22.3 Å². The molecule has 0 nitrogen and oxygen atoms in total. The van der Waals surface area contributed by atoms with Crippen molar-refractivity contribution in [3.63, 3.8) is 0 Å². The number of hydrogen-bond acceptors (Lipinski definition) is 0. The maximum Gasteiger partial charge on any atom is 0.0491 e. The van der Waals surface area contributed by atoms with E-state index in [2.05, 4.69) is 131 Å². The largest absolute Gasteiger partial charge is 0.153 e. The van der Waals surface area contributed by atoms with Crippen molar-refractivity contribution >= 4 is 25.8 Å². The summed E-state index contributed by atoms with van der Waals surface area (Å²) in [6, 6.07) is 41.1. The van der Waals surface area contributed by atoms with Crippen LogP contribution in [0.15, 0.2) is 120 Å². The Morgan fingerprint density at radius 1 is 0.500 bits per heavy atom. The van der Waals surface area contributed by atoms with Gasteiger partial charge in [-0.25, -0.2) is 0 Å². The number of hydrogen-bond donors (Lipinski definition) is 0. The molecule has 0 N–H and O–H groups in total. The van der Waals surface area contributed by atoms with Crippen LogP contribution < -0.4 is 0 Å². The van der Waals surface area contributed by atoms with Crippen LogP contribution >= 0.6 is 25.8 Å². The summed E-state index contributed by atoms with van der Waals surface area (Å²) in [7, 11) is 0. The molecule has 0 aromatic heterocycles. The summed E-state index contributed by atoms with van der Waals surface area (Å²) in [6.45, 7) is 0. The fourth-order valence-corrected chi connectivity index (χ4v) is 4.33. The van der Waals surface area contributed by atoms with E-state index in [9.17, 15) is 0 Å². The second-order valence-corrected chi connectivity index (χ2v) is 7.63. The van der Waals surface area contributed by atoms with Crippen molar-refractivity contribution in [2.24, 2.45) is 0 Å². The lowest BCUT2D eigenvalue weighted by molar-refractivity contribution is 0.611. The van der Waals surface area contributed by atoms with Gasteiger partial charge in [-0.1, -0.05) is 125 Å². The Kier molecular flexibility index (Phi) is 6.83. The van der Waals surface area contributed by atoms with Crippen LogP contribution in [0, 0.1) is 0 Å². The molecule has 1 atom stereocenters. The number of rotatable bonds is 5. The maximum absolute atomic E-state index is 3.77. The SMILES string of the molecule is Brc1ccccc1CC(c1ccccc1)(c1ccccc1)c1ccccc1.P. The van der Waals surface area contributed by atoms with Crippen LogP contribution in [-0.4, -0.2) is 0 Å². The molecule has 0 fully saturated rings. The highest BCUT2D eigenvalue weighted by Crippen LogP contribution is 2.43. The van der Waals surface area contributed by atoms with Gasteiger partial charge in [-0.15, -0.1) is 0 Å². The average molecular weight is 447 g/mol. The molecule has 0 saturated heterocycles. The Labute approximate surface area is 179 Å². The second-order valence-electron chi connectivity index (χ2n) is 6.77. The summed E-state index contributed by atoms with van der Waals surface area (Å²) < 4.78 is 1.15. The van der Waals surface area contributed by atoms with Gasteiger partial charge < -0.3 is 0 Å². The van der Waals surface area contributed by atoms with E-state index in [0.29, 0.717) is 0 Å². The molecule has 0 aliphatic heterocycles. The molecule has 140 valence electrons. The lowest BCUT2D eigenvalue weighted by Gasteiger charge is -2.36. The van der Waals surface area contributed by atoms with Crippen molar-refractivity contribution in [3.05, 3.63) is 142 Å². The van der Waals surface area contributed by atoms with Gasteiger partial charge in [-0.3, -0.25) is 0 Å². The van der Waals surface area contributed by atoms with Crippen molar-refractivity contribution in [1.82, 2.24) is 0 Å². The van der Waals surface area contributed by atoms with Crippen LogP contribution in [0.4, 0.5) is 0 Å². The van der Waals surface area contributed by atoms with Crippen LogP contribution in [0.25, 0.3) is 0 Å². The molecular weight excluding hydrogens is 423 g/mol. The predicted octanol–water partition coefficient (Wildman–Crippen LogP) is 7.08. The third-order valence-corrected chi connectivity index (χ3v) is 5.99. The van der Waals surface area contributed by atoms with E-state index in [1.807, 2.05) is 0 Å². The van der Waals surface area contributed by atoms with Crippen LogP contribution in [0.1, 0.15) is 22.3 Å². The van der Waals surface area contributed by atoms with Gasteiger partial charge in [0.2, 0.25) is 0 Å². The smallest absolute Gasteiger partial charge is 0.0491 e. The molecule has 2 heteroatoms. The molecule has 4 aromatic rings. The van der Waals surface area contributed by atoms with Gasteiger partial charge in [-0.05, 0) is 34.7 Å². The molecule has 0 amide bonds. The van der Waals surface area contributed by atoms with Crippen LogP contribution in [0.5, 0.6) is 0 Å². The van der Waals surface area contributed by atoms with Crippen molar-refractivity contribution in [3.8, 4) is 0 Å². The molecule has 0 aliphatic rings. The normalized spacial score (nSPS) is 10.9. The van der Waals surface area contributed by atoms with Crippen molar-refractivity contribution in [2.75, 3.05) is 0 Å². The Hall–Kier alpha value is -2.21. The third kappa shape index (κ3) is 3.97. The van der Waals surface area contributed by atoms with Gasteiger partial charge in [0.1, 0.15) is 0 Å². The Bertz CT molecular complexity index is 901. The van der Waals surface area contributed by atoms with Crippen LogP contribution in [0.3, 0.4) is 0 Å². The summed E-state index contributed by atoms with van der Waals surface area (Å²) in [6.07, 6.45) is 0.881. The number of halogens is 1. The minimum absolute atomic E-state index is 0. The lowest BCUT2D eigenvalue weighted by atomic mass is 9.66. The molecular formula is C26H24BrP. The molecule has 0 heterocycles. The first kappa shape index (κ1) is 20.5. The highest BCUT2D eigenvalue weighted by atomic mass is 79.9. The first-order valence-electron chi connectivity index (χ1n) is 9.21. The van der Waals surface area contributed by atoms with Gasteiger partial charge in [0.15, 0.2) is 0 Å². The fraction of sp³-hybridized carbons (Fsp3) is 0.0769. The number of benzene rings is 4. The van der Waals surface area contributed by atoms with Gasteiger partial charge in [-0.2, -0.15) is 9.90 Å². The van der Waals surface area contributed by atoms with Gasteiger partial charge in [0.05, 0.1) is 0 Å². The van der Waals surface area contributed by atoms with E-state index < -0.39 is 0 Å². The molecule has 0 aliphatic carbocycles. The van der Waals surface area contributed by atoms with Crippen LogP contribution in [0.2, 0.25) is 0 Å².